The largest absolute Gasteiger partial charge is 0.494 e. The van der Waals surface area contributed by atoms with Gasteiger partial charge in [0.15, 0.2) is 0 Å². The molecule has 0 aliphatic rings. The van der Waals surface area contributed by atoms with Crippen LogP contribution in [-0.2, 0) is 11.2 Å². The van der Waals surface area contributed by atoms with Gasteiger partial charge in [-0.3, -0.25) is 10.0 Å². The van der Waals surface area contributed by atoms with Crippen molar-refractivity contribution in [1.82, 2.24) is 5.48 Å². The first-order chi connectivity index (χ1) is 7.76. The van der Waals surface area contributed by atoms with Gasteiger partial charge in [-0.2, -0.15) is 0 Å². The zero-order chi connectivity index (χ0) is 12.4. The van der Waals surface area contributed by atoms with Crippen LogP contribution in [-0.4, -0.2) is 17.7 Å². The first-order valence-electron chi connectivity index (χ1n) is 5.41. The lowest BCUT2D eigenvalue weighted by Crippen LogP contribution is -2.20. The summed E-state index contributed by atoms with van der Waals surface area (Å²) in [7, 11) is 0. The van der Waals surface area contributed by atoms with Gasteiger partial charge in [0.05, 0.1) is 13.0 Å². The summed E-state index contributed by atoms with van der Waals surface area (Å²) in [5.41, 5.74) is 2.42. The van der Waals surface area contributed by atoms with Crippen molar-refractivity contribution in [3.8, 4) is 5.75 Å². The smallest absolute Gasteiger partial charge is 0.247 e. The Morgan fingerprint density at radius 1 is 1.31 bits per heavy atom. The third-order valence-corrected chi connectivity index (χ3v) is 1.72. The van der Waals surface area contributed by atoms with Crippen molar-refractivity contribution in [3.05, 3.63) is 29.8 Å². The van der Waals surface area contributed by atoms with Crippen LogP contribution < -0.4 is 10.2 Å². The zero-order valence-electron chi connectivity index (χ0n) is 9.99. The molecule has 16 heavy (non-hydrogen) atoms. The maximum absolute atomic E-state index is 10.8. The highest BCUT2D eigenvalue weighted by Gasteiger charge is 2.01. The third kappa shape index (κ3) is 5.36. The van der Waals surface area contributed by atoms with E-state index in [9.17, 15) is 4.79 Å². The van der Waals surface area contributed by atoms with Gasteiger partial charge in [0, 0.05) is 0 Å². The number of hydrogen-bond donors (Lipinski definition) is 2. The monoisotopic (exact) mass is 225 g/mol. The molecule has 0 saturated heterocycles. The van der Waals surface area contributed by atoms with Gasteiger partial charge in [-0.25, -0.2) is 5.48 Å². The average Bonchev–Trinajstić information content (AvgIpc) is 2.34. The van der Waals surface area contributed by atoms with Gasteiger partial charge in [-0.15, -0.1) is 0 Å². The molecule has 4 heteroatoms. The van der Waals surface area contributed by atoms with E-state index in [1.165, 1.54) is 0 Å². The number of ether oxygens (including phenoxy) is 1. The molecule has 4 nitrogen and oxygen atoms in total. The molecular weight excluding hydrogens is 206 g/mol. The number of nitrogens with one attached hydrogen (secondary N) is 1. The van der Waals surface area contributed by atoms with E-state index in [0.29, 0.717) is 6.61 Å². The Labute approximate surface area is 96.2 Å². The van der Waals surface area contributed by atoms with Crippen LogP contribution >= 0.6 is 0 Å². The van der Waals surface area contributed by atoms with E-state index in [-0.39, 0.29) is 6.42 Å². The number of carbonyl (C=O) groups is 1. The topological polar surface area (TPSA) is 58.6 Å². The van der Waals surface area contributed by atoms with Gasteiger partial charge in [0.2, 0.25) is 5.91 Å². The Kier molecular flexibility index (Phi) is 7.89. The van der Waals surface area contributed by atoms with Crippen LogP contribution in [0.4, 0.5) is 0 Å². The van der Waals surface area contributed by atoms with Gasteiger partial charge in [-0.1, -0.05) is 26.0 Å². The highest BCUT2D eigenvalue weighted by atomic mass is 16.5. The lowest BCUT2D eigenvalue weighted by atomic mass is 10.1. The number of carbonyl (C=O) groups excluding carboxylic acids is 1. The Morgan fingerprint density at radius 2 is 1.88 bits per heavy atom. The predicted octanol–water partition coefficient (Wildman–Crippen LogP) is 2.16. The van der Waals surface area contributed by atoms with Gasteiger partial charge in [0.1, 0.15) is 5.75 Å². The number of rotatable bonds is 4. The second kappa shape index (κ2) is 8.73. The minimum atomic E-state index is -0.422. The molecule has 90 valence electrons. The highest BCUT2D eigenvalue weighted by molar-refractivity contribution is 5.77. The summed E-state index contributed by atoms with van der Waals surface area (Å²) in [5.74, 6) is 0.356. The lowest BCUT2D eigenvalue weighted by molar-refractivity contribution is -0.128. The maximum atomic E-state index is 10.8. The quantitative estimate of drug-likeness (QED) is 0.610. The van der Waals surface area contributed by atoms with Crippen LogP contribution in [0.15, 0.2) is 24.3 Å². The molecule has 0 atom stereocenters. The Bertz CT molecular complexity index is 296. The molecular formula is C12H19NO3. The molecule has 1 aromatic rings. The molecule has 0 fully saturated rings. The Balaban J connectivity index is 0.00000106. The van der Waals surface area contributed by atoms with E-state index in [0.717, 1.165) is 11.3 Å². The zero-order valence-corrected chi connectivity index (χ0v) is 9.99. The summed E-state index contributed by atoms with van der Waals surface area (Å²) in [5, 5.41) is 8.31. The van der Waals surface area contributed by atoms with Crippen LogP contribution in [0.1, 0.15) is 26.3 Å². The number of hydroxylamine groups is 1. The Morgan fingerprint density at radius 3 is 2.31 bits per heavy atom. The molecule has 0 bridgehead atoms. The minimum absolute atomic E-state index is 0.170. The molecule has 0 radical (unpaired) electrons. The molecule has 1 amide bonds. The van der Waals surface area contributed by atoms with E-state index in [1.807, 2.05) is 20.8 Å². The molecule has 0 saturated carbocycles. The standard InChI is InChI=1S/C10H13NO3.C2H6/c1-2-14-9-5-3-8(4-6-9)7-10(12)11-13;1-2/h3-6,13H,2,7H2,1H3,(H,11,12);1-2H3. The molecule has 0 aliphatic carbocycles. The van der Waals surface area contributed by atoms with Gasteiger partial charge in [-0.05, 0) is 24.6 Å². The lowest BCUT2D eigenvalue weighted by Gasteiger charge is -2.03. The van der Waals surface area contributed by atoms with Crippen molar-refractivity contribution >= 4 is 5.91 Å². The third-order valence-electron chi connectivity index (χ3n) is 1.72. The number of hydrogen-bond acceptors (Lipinski definition) is 3. The van der Waals surface area contributed by atoms with E-state index in [1.54, 1.807) is 29.7 Å². The summed E-state index contributed by atoms with van der Waals surface area (Å²) < 4.78 is 5.24. The van der Waals surface area contributed by atoms with E-state index in [4.69, 9.17) is 9.94 Å². The van der Waals surface area contributed by atoms with Gasteiger partial charge in [0.25, 0.3) is 0 Å². The molecule has 0 heterocycles. The molecule has 1 rings (SSSR count). The summed E-state index contributed by atoms with van der Waals surface area (Å²) in [6, 6.07) is 7.17. The summed E-state index contributed by atoms with van der Waals surface area (Å²) in [6.45, 7) is 6.53. The average molecular weight is 225 g/mol. The second-order valence-corrected chi connectivity index (χ2v) is 2.79. The van der Waals surface area contributed by atoms with Crippen molar-refractivity contribution in [1.29, 1.82) is 0 Å². The normalized spacial score (nSPS) is 8.75. The van der Waals surface area contributed by atoms with Crippen LogP contribution in [0.25, 0.3) is 0 Å². The summed E-state index contributed by atoms with van der Waals surface area (Å²) in [6.07, 6.45) is 0.170. The predicted molar refractivity (Wildman–Crippen MR) is 62.6 cm³/mol. The number of amides is 1. The molecule has 0 spiro atoms. The van der Waals surface area contributed by atoms with Crippen molar-refractivity contribution in [2.24, 2.45) is 0 Å². The Hall–Kier alpha value is -1.55. The van der Waals surface area contributed by atoms with E-state index >= 15 is 0 Å². The van der Waals surface area contributed by atoms with Crippen LogP contribution in [0.3, 0.4) is 0 Å². The van der Waals surface area contributed by atoms with Gasteiger partial charge >= 0.3 is 0 Å². The fourth-order valence-corrected chi connectivity index (χ4v) is 1.10. The minimum Gasteiger partial charge on any atom is -0.494 e. The summed E-state index contributed by atoms with van der Waals surface area (Å²) >= 11 is 0. The highest BCUT2D eigenvalue weighted by Crippen LogP contribution is 2.12. The molecule has 0 aliphatic heterocycles. The van der Waals surface area contributed by atoms with Crippen molar-refractivity contribution in [2.75, 3.05) is 6.61 Å². The fraction of sp³-hybridized carbons (Fsp3) is 0.417. The fourth-order valence-electron chi connectivity index (χ4n) is 1.10. The van der Waals surface area contributed by atoms with Crippen LogP contribution in [0, 0.1) is 0 Å². The first-order valence-corrected chi connectivity index (χ1v) is 5.41. The van der Waals surface area contributed by atoms with Crippen LogP contribution in [0.5, 0.6) is 5.75 Å². The van der Waals surface area contributed by atoms with Crippen molar-refractivity contribution in [3.63, 3.8) is 0 Å². The second-order valence-electron chi connectivity index (χ2n) is 2.79. The van der Waals surface area contributed by atoms with Crippen LogP contribution in [0.2, 0.25) is 0 Å². The van der Waals surface area contributed by atoms with Crippen molar-refractivity contribution in [2.45, 2.75) is 27.2 Å². The first kappa shape index (κ1) is 14.5. The molecule has 2 N–H and O–H groups in total. The molecule has 0 aromatic heterocycles. The van der Waals surface area contributed by atoms with Gasteiger partial charge < -0.3 is 4.74 Å². The molecule has 1 aromatic carbocycles. The van der Waals surface area contributed by atoms with E-state index < -0.39 is 5.91 Å². The number of benzene rings is 1. The summed E-state index contributed by atoms with van der Waals surface area (Å²) in [4.78, 5) is 10.8. The maximum Gasteiger partial charge on any atom is 0.247 e. The SMILES string of the molecule is CC.CCOc1ccc(CC(=O)NO)cc1. The molecule has 0 unspecified atom stereocenters. The van der Waals surface area contributed by atoms with E-state index in [2.05, 4.69) is 0 Å². The van der Waals surface area contributed by atoms with Crippen molar-refractivity contribution < 1.29 is 14.7 Å².